The third-order valence-corrected chi connectivity index (χ3v) is 4.26. The molecule has 1 aliphatic rings. The van der Waals surface area contributed by atoms with Gasteiger partial charge in [0, 0.05) is 18.2 Å². The first-order valence-electron chi connectivity index (χ1n) is 8.62. The van der Waals surface area contributed by atoms with E-state index in [1.54, 1.807) is 36.4 Å². The molecule has 0 saturated carbocycles. The van der Waals surface area contributed by atoms with E-state index in [9.17, 15) is 9.59 Å². The smallest absolute Gasteiger partial charge is 0.339 e. The van der Waals surface area contributed by atoms with Crippen molar-refractivity contribution in [1.29, 1.82) is 0 Å². The maximum Gasteiger partial charge on any atom is 0.339 e. The van der Waals surface area contributed by atoms with Crippen LogP contribution in [0.5, 0.6) is 11.5 Å². The molecule has 0 aromatic heterocycles. The Morgan fingerprint density at radius 3 is 2.52 bits per heavy atom. The van der Waals surface area contributed by atoms with Gasteiger partial charge < -0.3 is 14.8 Å². The summed E-state index contributed by atoms with van der Waals surface area (Å²) in [5, 5.41) is 2.79. The van der Waals surface area contributed by atoms with Crippen LogP contribution >= 0.6 is 0 Å². The van der Waals surface area contributed by atoms with Crippen LogP contribution in [0.4, 0.5) is 5.69 Å². The summed E-state index contributed by atoms with van der Waals surface area (Å²) < 4.78 is 11.1. The van der Waals surface area contributed by atoms with Crippen molar-refractivity contribution in [2.45, 2.75) is 12.5 Å². The number of ether oxygens (including phenoxy) is 2. The van der Waals surface area contributed by atoms with Crippen LogP contribution in [-0.2, 0) is 16.0 Å². The molecule has 1 unspecified atom stereocenters. The Labute approximate surface area is 156 Å². The highest BCUT2D eigenvalue weighted by atomic mass is 16.5. The molecule has 3 aromatic carbocycles. The molecule has 0 saturated heterocycles. The first-order chi connectivity index (χ1) is 13.2. The van der Waals surface area contributed by atoms with E-state index < -0.39 is 12.1 Å². The number of para-hydroxylation sites is 1. The molecule has 0 fully saturated rings. The Kier molecular flexibility index (Phi) is 4.58. The van der Waals surface area contributed by atoms with Gasteiger partial charge in [0.1, 0.15) is 11.5 Å². The second-order valence-electron chi connectivity index (χ2n) is 6.19. The van der Waals surface area contributed by atoms with E-state index in [1.165, 1.54) is 0 Å². The van der Waals surface area contributed by atoms with Gasteiger partial charge in [0.15, 0.2) is 6.10 Å². The molecule has 1 aliphatic heterocycles. The fourth-order valence-electron chi connectivity index (χ4n) is 2.96. The van der Waals surface area contributed by atoms with Gasteiger partial charge in [-0.05, 0) is 35.9 Å². The molecule has 5 nitrogen and oxygen atoms in total. The number of carbonyl (C=O) groups is 2. The average Bonchev–Trinajstić information content (AvgIpc) is 2.69. The molecule has 1 amide bonds. The Hall–Kier alpha value is -3.60. The van der Waals surface area contributed by atoms with Crippen molar-refractivity contribution in [2.75, 3.05) is 5.32 Å². The number of nitrogens with one attached hydrogen (secondary N) is 1. The van der Waals surface area contributed by atoms with E-state index in [0.717, 1.165) is 5.56 Å². The van der Waals surface area contributed by atoms with Gasteiger partial charge in [0.25, 0.3) is 5.91 Å². The monoisotopic (exact) mass is 359 g/mol. The fourth-order valence-corrected chi connectivity index (χ4v) is 2.96. The van der Waals surface area contributed by atoms with Gasteiger partial charge in [0.2, 0.25) is 0 Å². The highest BCUT2D eigenvalue weighted by Gasteiger charge is 2.31. The molecule has 0 radical (unpaired) electrons. The number of cyclic esters (lactones) is 1. The molecule has 3 aromatic rings. The summed E-state index contributed by atoms with van der Waals surface area (Å²) >= 11 is 0. The molecule has 134 valence electrons. The first kappa shape index (κ1) is 16.8. The van der Waals surface area contributed by atoms with Gasteiger partial charge in [-0.25, -0.2) is 4.79 Å². The molecule has 1 atom stereocenters. The Balaban J connectivity index is 1.46. The predicted molar refractivity (Wildman–Crippen MR) is 101 cm³/mol. The third kappa shape index (κ3) is 3.82. The van der Waals surface area contributed by atoms with Gasteiger partial charge in [-0.1, -0.05) is 42.5 Å². The maximum absolute atomic E-state index is 12.6. The van der Waals surface area contributed by atoms with Crippen LogP contribution in [-0.4, -0.2) is 18.0 Å². The van der Waals surface area contributed by atoms with Crippen molar-refractivity contribution in [3.05, 3.63) is 90.0 Å². The zero-order chi connectivity index (χ0) is 18.6. The minimum Gasteiger partial charge on any atom is -0.457 e. The predicted octanol–water partition coefficient (Wildman–Crippen LogP) is 4.20. The molecule has 27 heavy (non-hydrogen) atoms. The number of amides is 1. The number of anilines is 1. The van der Waals surface area contributed by atoms with Crippen molar-refractivity contribution in [1.82, 2.24) is 0 Å². The van der Waals surface area contributed by atoms with Gasteiger partial charge >= 0.3 is 5.97 Å². The Morgan fingerprint density at radius 1 is 0.926 bits per heavy atom. The maximum atomic E-state index is 12.6. The lowest BCUT2D eigenvalue weighted by molar-refractivity contribution is -0.125. The molecule has 1 N–H and O–H groups in total. The normalized spacial score (nSPS) is 15.4. The third-order valence-electron chi connectivity index (χ3n) is 4.26. The van der Waals surface area contributed by atoms with Crippen molar-refractivity contribution >= 4 is 17.6 Å². The minimum atomic E-state index is -0.855. The molecular weight excluding hydrogens is 342 g/mol. The highest BCUT2D eigenvalue weighted by molar-refractivity contribution is 6.00. The minimum absolute atomic E-state index is 0.355. The average molecular weight is 359 g/mol. The van der Waals surface area contributed by atoms with E-state index in [0.29, 0.717) is 29.2 Å². The lowest BCUT2D eigenvalue weighted by atomic mass is 9.98. The van der Waals surface area contributed by atoms with Gasteiger partial charge in [-0.15, -0.1) is 0 Å². The van der Waals surface area contributed by atoms with Crippen LogP contribution < -0.4 is 10.1 Å². The van der Waals surface area contributed by atoms with Crippen LogP contribution in [0.1, 0.15) is 15.9 Å². The molecular formula is C22H17NO4. The fraction of sp³-hybridized carbons (Fsp3) is 0.0909. The summed E-state index contributed by atoms with van der Waals surface area (Å²) in [4.78, 5) is 24.7. The van der Waals surface area contributed by atoms with Crippen molar-refractivity contribution < 1.29 is 19.1 Å². The molecule has 1 heterocycles. The first-order valence-corrected chi connectivity index (χ1v) is 8.62. The topological polar surface area (TPSA) is 64.6 Å². The summed E-state index contributed by atoms with van der Waals surface area (Å²) in [6, 6.07) is 23.6. The van der Waals surface area contributed by atoms with Crippen molar-refractivity contribution in [3.8, 4) is 11.5 Å². The Morgan fingerprint density at radius 2 is 1.67 bits per heavy atom. The second-order valence-corrected chi connectivity index (χ2v) is 6.19. The quantitative estimate of drug-likeness (QED) is 0.709. The van der Waals surface area contributed by atoms with Crippen molar-refractivity contribution in [3.63, 3.8) is 0 Å². The van der Waals surface area contributed by atoms with Crippen molar-refractivity contribution in [2.24, 2.45) is 0 Å². The van der Waals surface area contributed by atoms with E-state index in [-0.39, 0.29) is 5.91 Å². The largest absolute Gasteiger partial charge is 0.457 e. The number of esters is 1. The summed E-state index contributed by atoms with van der Waals surface area (Å²) in [5.41, 5.74) is 1.90. The summed E-state index contributed by atoms with van der Waals surface area (Å²) in [6.45, 7) is 0. The second kappa shape index (κ2) is 7.33. The highest BCUT2D eigenvalue weighted by Crippen LogP contribution is 2.25. The molecule has 4 rings (SSSR count). The van der Waals surface area contributed by atoms with E-state index in [1.807, 2.05) is 42.5 Å². The zero-order valence-corrected chi connectivity index (χ0v) is 14.4. The number of rotatable bonds is 4. The van der Waals surface area contributed by atoms with E-state index in [4.69, 9.17) is 9.47 Å². The van der Waals surface area contributed by atoms with Gasteiger partial charge in [0.05, 0.1) is 5.56 Å². The summed E-state index contributed by atoms with van der Waals surface area (Å²) in [5.74, 6) is 0.469. The lowest BCUT2D eigenvalue weighted by Crippen LogP contribution is -2.37. The zero-order valence-electron chi connectivity index (χ0n) is 14.4. The molecule has 5 heteroatoms. The number of carbonyl (C=O) groups excluding carboxylic acids is 2. The van der Waals surface area contributed by atoms with Crippen LogP contribution in [0.15, 0.2) is 78.9 Å². The van der Waals surface area contributed by atoms with Crippen LogP contribution in [0.2, 0.25) is 0 Å². The molecule has 0 spiro atoms. The standard InChI is InChI=1S/C22H17NO4/c24-21(20-13-15-7-4-5-12-19(15)22(25)27-20)23-16-8-6-11-18(14-16)26-17-9-2-1-3-10-17/h1-12,14,20H,13H2,(H,23,24). The summed E-state index contributed by atoms with van der Waals surface area (Å²) in [6.07, 6.45) is -0.500. The number of benzene rings is 3. The van der Waals surface area contributed by atoms with E-state index in [2.05, 4.69) is 5.32 Å². The van der Waals surface area contributed by atoms with Crippen LogP contribution in [0, 0.1) is 0 Å². The molecule has 0 bridgehead atoms. The number of fused-ring (bicyclic) bond motifs is 1. The summed E-state index contributed by atoms with van der Waals surface area (Å²) in [7, 11) is 0. The van der Waals surface area contributed by atoms with Crippen LogP contribution in [0.3, 0.4) is 0 Å². The Bertz CT molecular complexity index is 984. The molecule has 0 aliphatic carbocycles. The number of hydrogen-bond acceptors (Lipinski definition) is 4. The SMILES string of the molecule is O=C1OC(C(=O)Nc2cccc(Oc3ccccc3)c2)Cc2ccccc21. The van der Waals surface area contributed by atoms with E-state index >= 15 is 0 Å². The number of hydrogen-bond donors (Lipinski definition) is 1. The van der Waals surface area contributed by atoms with Crippen LogP contribution in [0.25, 0.3) is 0 Å². The lowest BCUT2D eigenvalue weighted by Gasteiger charge is -2.23. The van der Waals surface area contributed by atoms with Gasteiger partial charge in [-0.2, -0.15) is 0 Å². The van der Waals surface area contributed by atoms with Gasteiger partial charge in [-0.3, -0.25) is 4.79 Å².